The van der Waals surface area contributed by atoms with E-state index in [-0.39, 0.29) is 12.2 Å². The summed E-state index contributed by atoms with van der Waals surface area (Å²) in [5.41, 5.74) is 4.85. The first kappa shape index (κ1) is 20.8. The van der Waals surface area contributed by atoms with Crippen LogP contribution in [0.3, 0.4) is 0 Å². The van der Waals surface area contributed by atoms with E-state index >= 15 is 0 Å². The van der Waals surface area contributed by atoms with Crippen molar-refractivity contribution in [2.24, 2.45) is 5.73 Å². The van der Waals surface area contributed by atoms with Crippen LogP contribution in [0, 0.1) is 0 Å². The molecule has 0 radical (unpaired) electrons. The summed E-state index contributed by atoms with van der Waals surface area (Å²) >= 11 is 0. The smallest absolute Gasteiger partial charge is 0.406 e. The van der Waals surface area contributed by atoms with E-state index in [0.717, 1.165) is 6.54 Å². The lowest BCUT2D eigenvalue weighted by molar-refractivity contribution is -0.138. The van der Waals surface area contributed by atoms with Crippen LogP contribution in [-0.2, 0) is 18.4 Å². The van der Waals surface area contributed by atoms with Crippen molar-refractivity contribution in [2.45, 2.75) is 59.8 Å². The summed E-state index contributed by atoms with van der Waals surface area (Å²) in [7, 11) is -3.57. The highest BCUT2D eigenvalue weighted by atomic mass is 31.2. The van der Waals surface area contributed by atoms with Crippen LogP contribution in [0.5, 0.6) is 0 Å². The molecule has 0 rings (SSSR count). The molecule has 0 aromatic rings. The van der Waals surface area contributed by atoms with Crippen LogP contribution in [-0.4, -0.2) is 35.9 Å². The lowest BCUT2D eigenvalue weighted by Crippen LogP contribution is -2.33. The highest BCUT2D eigenvalue weighted by Gasteiger charge is 2.31. The number of hydrogen-bond donors (Lipinski definition) is 3. The number of nitrogens with two attached hydrogens (primary N) is 1. The van der Waals surface area contributed by atoms with Crippen LogP contribution < -0.4 is 10.8 Å². The molecule has 0 bridgehead atoms. The number of hydrogen-bond acceptors (Lipinski definition) is 5. The molecule has 0 aliphatic rings. The number of nitrogens with one attached hydrogen (secondary N) is 1. The Morgan fingerprint density at radius 1 is 1.21 bits per heavy atom. The average molecular weight is 298 g/mol. The van der Waals surface area contributed by atoms with E-state index < -0.39 is 19.8 Å². The average Bonchev–Trinajstić information content (AvgIpc) is 2.14. The number of carbonyl (C=O) groups is 1. The Morgan fingerprint density at radius 3 is 1.74 bits per heavy atom. The van der Waals surface area contributed by atoms with Crippen LogP contribution in [0.2, 0.25) is 0 Å². The molecule has 116 valence electrons. The van der Waals surface area contributed by atoms with Crippen LogP contribution in [0.15, 0.2) is 0 Å². The molecule has 1 atom stereocenters. The predicted octanol–water partition coefficient (Wildman–Crippen LogP) is 1.97. The Balaban J connectivity index is 0. The van der Waals surface area contributed by atoms with Gasteiger partial charge in [-0.05, 0) is 41.2 Å². The zero-order valence-corrected chi connectivity index (χ0v) is 13.4. The molecule has 0 heterocycles. The molecule has 1 unspecified atom stereocenters. The minimum atomic E-state index is -3.57. The molecule has 4 N–H and O–H groups in total. The molecule has 0 saturated carbocycles. The number of carboxylic acid groups (broad SMARTS) is 1. The zero-order chi connectivity index (χ0) is 15.6. The second-order valence-corrected chi connectivity index (χ2v) is 6.08. The van der Waals surface area contributed by atoms with E-state index in [1.165, 1.54) is 6.92 Å². The van der Waals surface area contributed by atoms with Gasteiger partial charge in [-0.3, -0.25) is 13.8 Å². The van der Waals surface area contributed by atoms with Crippen molar-refractivity contribution < 1.29 is 23.5 Å². The molecule has 19 heavy (non-hydrogen) atoms. The van der Waals surface area contributed by atoms with E-state index in [1.807, 2.05) is 6.92 Å². The lowest BCUT2D eigenvalue weighted by atomic mass is 10.4. The summed E-state index contributed by atoms with van der Waals surface area (Å²) < 4.78 is 22.4. The van der Waals surface area contributed by atoms with Gasteiger partial charge in [0.1, 0.15) is 6.04 Å². The highest BCUT2D eigenvalue weighted by molar-refractivity contribution is 7.51. The third kappa shape index (κ3) is 12.3. The van der Waals surface area contributed by atoms with Crippen molar-refractivity contribution in [3.63, 3.8) is 0 Å². The molecule has 0 fully saturated rings. The minimum Gasteiger partial charge on any atom is -0.480 e. The quantitative estimate of drug-likeness (QED) is 0.616. The fraction of sp³-hybridized carbons (Fsp3) is 0.909. The van der Waals surface area contributed by atoms with Crippen molar-refractivity contribution in [1.82, 2.24) is 5.09 Å². The monoisotopic (exact) mass is 298 g/mol. The summed E-state index contributed by atoms with van der Waals surface area (Å²) in [5.74, 6) is -1.11. The minimum absolute atomic E-state index is 0.321. The van der Waals surface area contributed by atoms with Gasteiger partial charge in [0.15, 0.2) is 0 Å². The molecule has 8 heteroatoms. The number of aliphatic carboxylic acids is 1. The molecule has 0 amide bonds. The first-order valence-corrected chi connectivity index (χ1v) is 7.79. The van der Waals surface area contributed by atoms with Gasteiger partial charge in [0.2, 0.25) is 0 Å². The first-order valence-electron chi connectivity index (χ1n) is 6.25. The topological polar surface area (TPSA) is 111 Å². The van der Waals surface area contributed by atoms with Crippen LogP contribution in [0.4, 0.5) is 0 Å². The Morgan fingerprint density at radius 2 is 1.53 bits per heavy atom. The van der Waals surface area contributed by atoms with Gasteiger partial charge < -0.3 is 10.8 Å². The fourth-order valence-corrected chi connectivity index (χ4v) is 2.80. The van der Waals surface area contributed by atoms with Crippen molar-refractivity contribution in [1.29, 1.82) is 0 Å². The van der Waals surface area contributed by atoms with Crippen LogP contribution in [0.25, 0.3) is 0 Å². The van der Waals surface area contributed by atoms with Crippen molar-refractivity contribution in [2.75, 3.05) is 6.54 Å². The van der Waals surface area contributed by atoms with Crippen LogP contribution >= 0.6 is 7.75 Å². The fourth-order valence-electron chi connectivity index (χ4n) is 0.933. The van der Waals surface area contributed by atoms with Crippen LogP contribution in [0.1, 0.15) is 41.5 Å². The van der Waals surface area contributed by atoms with Gasteiger partial charge in [-0.2, -0.15) is 0 Å². The third-order valence-corrected chi connectivity index (χ3v) is 3.52. The van der Waals surface area contributed by atoms with Gasteiger partial charge in [-0.1, -0.05) is 6.92 Å². The summed E-state index contributed by atoms with van der Waals surface area (Å²) in [6, 6.07) is -0.997. The first-order chi connectivity index (χ1) is 8.57. The normalized spacial score (nSPS) is 13.1. The maximum Gasteiger partial charge on any atom is 0.406 e. The highest BCUT2D eigenvalue weighted by Crippen LogP contribution is 2.46. The molecular weight excluding hydrogens is 271 g/mol. The van der Waals surface area contributed by atoms with Gasteiger partial charge >= 0.3 is 13.7 Å². The van der Waals surface area contributed by atoms with Gasteiger partial charge in [-0.15, -0.1) is 0 Å². The lowest BCUT2D eigenvalue weighted by Gasteiger charge is -2.24. The Bertz CT molecular complexity index is 283. The standard InChI is InChI=1S/C9H20NO5P.C2H7N/c1-6(2)14-16(13,15-7(3)4)10-8(5)9(11)12;1-2-3/h6-8H,1-5H3,(H,10,13)(H,11,12);2-3H2,1H3. The summed E-state index contributed by atoms with van der Waals surface area (Å²) in [6.07, 6.45) is -0.642. The number of rotatable bonds is 7. The summed E-state index contributed by atoms with van der Waals surface area (Å²) in [5, 5.41) is 11.1. The molecule has 0 aliphatic heterocycles. The summed E-state index contributed by atoms with van der Waals surface area (Å²) in [4.78, 5) is 10.7. The van der Waals surface area contributed by atoms with Crippen molar-refractivity contribution in [3.8, 4) is 0 Å². The third-order valence-electron chi connectivity index (χ3n) is 1.42. The van der Waals surface area contributed by atoms with Crippen molar-refractivity contribution >= 4 is 13.7 Å². The second-order valence-electron chi connectivity index (χ2n) is 4.40. The largest absolute Gasteiger partial charge is 0.480 e. The molecule has 0 aliphatic carbocycles. The molecule has 0 aromatic carbocycles. The van der Waals surface area contributed by atoms with E-state index in [0.29, 0.717) is 0 Å². The van der Waals surface area contributed by atoms with Gasteiger partial charge in [0.25, 0.3) is 0 Å². The van der Waals surface area contributed by atoms with E-state index in [1.54, 1.807) is 27.7 Å². The van der Waals surface area contributed by atoms with E-state index in [9.17, 15) is 9.36 Å². The van der Waals surface area contributed by atoms with E-state index in [2.05, 4.69) is 5.09 Å². The maximum atomic E-state index is 12.1. The number of carboxylic acids is 1. The Kier molecular flexibility index (Phi) is 11.3. The second kappa shape index (κ2) is 10.3. The Hall–Kier alpha value is -0.460. The van der Waals surface area contributed by atoms with Crippen molar-refractivity contribution in [3.05, 3.63) is 0 Å². The molecular formula is C11H27N2O5P. The zero-order valence-electron chi connectivity index (χ0n) is 12.5. The van der Waals surface area contributed by atoms with Gasteiger partial charge in [0, 0.05) is 0 Å². The van der Waals surface area contributed by atoms with Gasteiger partial charge in [0.05, 0.1) is 12.2 Å². The maximum absolute atomic E-state index is 12.1. The molecule has 0 spiro atoms. The summed E-state index contributed by atoms with van der Waals surface area (Å²) in [6.45, 7) is 10.8. The van der Waals surface area contributed by atoms with E-state index in [4.69, 9.17) is 19.9 Å². The van der Waals surface area contributed by atoms with Gasteiger partial charge in [-0.25, -0.2) is 9.65 Å². The SMILES string of the molecule is CC(C)OP(=O)(NC(C)C(=O)O)OC(C)C.CCN. The molecule has 7 nitrogen and oxygen atoms in total. The molecule has 0 saturated heterocycles. The molecule has 0 aromatic heterocycles. The Labute approximate surface area is 115 Å². The predicted molar refractivity (Wildman–Crippen MR) is 75.0 cm³/mol.